The van der Waals surface area contributed by atoms with Crippen LogP contribution in [-0.2, 0) is 17.1 Å². The van der Waals surface area contributed by atoms with Gasteiger partial charge in [0, 0.05) is 6.54 Å². The molecule has 6 rings (SSSR count). The van der Waals surface area contributed by atoms with Crippen LogP contribution in [0.4, 0.5) is 0 Å². The minimum absolute atomic E-state index is 0. The van der Waals surface area contributed by atoms with Crippen LogP contribution in [0.15, 0.2) is 175 Å². The summed E-state index contributed by atoms with van der Waals surface area (Å²) in [5.41, 5.74) is 0. The standard InChI is InChI=1S/2C17H14P.C3H6N2.ClH.Fe/c2*1-3-9-15(10-4-1)18(17-13-7-8-14-17)16-11-5-2-6-12-16;1-2-5-3-4;;/h2*1-14H;4H,2H2,1H3;1H;/q2*-1;;;+2. The molecule has 1 N–H and O–H groups in total. The van der Waals surface area contributed by atoms with E-state index in [1.807, 2.05) is 12.9 Å². The zero-order valence-corrected chi connectivity index (χ0v) is 27.7. The van der Waals surface area contributed by atoms with E-state index >= 15 is 0 Å². The Morgan fingerprint density at radius 3 is 1.02 bits per heavy atom. The van der Waals surface area contributed by atoms with Crippen LogP contribution < -0.4 is 31.8 Å². The molecule has 6 heteroatoms. The van der Waals surface area contributed by atoms with Gasteiger partial charge in [-0.15, -0.1) is 23.0 Å². The molecule has 0 heterocycles. The second kappa shape index (κ2) is 20.5. The molecule has 0 unspecified atom stereocenters. The Hall–Kier alpha value is -3.37. The van der Waals surface area contributed by atoms with Crippen molar-refractivity contribution in [2.75, 3.05) is 6.54 Å². The average Bonchev–Trinajstić information content (AvgIpc) is 3.77. The van der Waals surface area contributed by atoms with Crippen LogP contribution in [0.25, 0.3) is 0 Å². The molecule has 0 aromatic heterocycles. The van der Waals surface area contributed by atoms with Crippen molar-refractivity contribution >= 4 is 66.1 Å². The van der Waals surface area contributed by atoms with Gasteiger partial charge in [-0.3, -0.25) is 0 Å². The Kier molecular flexibility index (Phi) is 17.1. The summed E-state index contributed by atoms with van der Waals surface area (Å²) >= 11 is 0. The molecule has 0 fully saturated rings. The first-order valence-corrected chi connectivity index (χ1v) is 16.3. The molecule has 0 spiro atoms. The van der Waals surface area contributed by atoms with Crippen molar-refractivity contribution in [1.29, 1.82) is 5.41 Å². The molecule has 2 nitrogen and oxygen atoms in total. The van der Waals surface area contributed by atoms with Crippen LogP contribution in [0.1, 0.15) is 6.92 Å². The van der Waals surface area contributed by atoms with Gasteiger partial charge in [0.2, 0.25) is 0 Å². The smallest absolute Gasteiger partial charge is 0.242 e. The van der Waals surface area contributed by atoms with Crippen LogP contribution in [-0.4, -0.2) is 12.6 Å². The van der Waals surface area contributed by atoms with E-state index in [9.17, 15) is 0 Å². The Bertz CT molecular complexity index is 1360. The molecule has 43 heavy (non-hydrogen) atoms. The van der Waals surface area contributed by atoms with Gasteiger partial charge in [0.1, 0.15) is 0 Å². The fourth-order valence-electron chi connectivity index (χ4n) is 4.31. The topological polar surface area (TPSA) is 36.2 Å². The Morgan fingerprint density at radius 2 is 0.837 bits per heavy atom. The molecular formula is C37H35ClFeN2P2. The normalized spacial score (nSPS) is 9.65. The molecule has 0 aliphatic rings. The summed E-state index contributed by atoms with van der Waals surface area (Å²) in [6, 6.07) is 62.4. The van der Waals surface area contributed by atoms with Crippen molar-refractivity contribution in [2.45, 2.75) is 6.92 Å². The van der Waals surface area contributed by atoms with Crippen molar-refractivity contribution in [2.24, 2.45) is 4.99 Å². The van der Waals surface area contributed by atoms with E-state index in [0.717, 1.165) is 0 Å². The van der Waals surface area contributed by atoms with E-state index in [1.54, 1.807) is 0 Å². The summed E-state index contributed by atoms with van der Waals surface area (Å²) in [4.78, 5) is 3.39. The number of aliphatic imine (C=N–C) groups is 1. The fraction of sp³-hybridized carbons (Fsp3) is 0.0541. The van der Waals surface area contributed by atoms with Crippen molar-refractivity contribution in [1.82, 2.24) is 0 Å². The van der Waals surface area contributed by atoms with Gasteiger partial charge in [-0.2, -0.15) is 24.3 Å². The van der Waals surface area contributed by atoms with Gasteiger partial charge in [-0.1, -0.05) is 121 Å². The van der Waals surface area contributed by atoms with Crippen molar-refractivity contribution < 1.29 is 17.1 Å². The minimum Gasteiger partial charge on any atom is -0.242 e. The summed E-state index contributed by atoms with van der Waals surface area (Å²) in [7, 11) is -0.818. The van der Waals surface area contributed by atoms with Crippen molar-refractivity contribution in [3.05, 3.63) is 170 Å². The van der Waals surface area contributed by atoms with Crippen molar-refractivity contribution in [3.8, 4) is 0 Å². The van der Waals surface area contributed by atoms with Gasteiger partial charge in [-0.05, 0) is 44.0 Å². The Morgan fingerprint density at radius 1 is 0.535 bits per heavy atom. The first-order valence-electron chi connectivity index (χ1n) is 13.6. The summed E-state index contributed by atoms with van der Waals surface area (Å²) < 4.78 is 0. The molecule has 0 amide bonds. The summed E-state index contributed by atoms with van der Waals surface area (Å²) in [6.07, 6.45) is 0. The van der Waals surface area contributed by atoms with E-state index in [4.69, 9.17) is 5.41 Å². The minimum atomic E-state index is -0.409. The SMILES string of the molecule is CCN=C=N.Cl.[Fe+2].c1ccc(P(c2ccccc2)c2ccc[cH-]2)cc1.c1ccc(P(c2ccccc2)c2ccc[cH-]2)cc1. The fourth-order valence-corrected chi connectivity index (χ4v) is 8.92. The van der Waals surface area contributed by atoms with E-state index in [1.165, 1.54) is 31.8 Å². The number of benzene rings is 4. The van der Waals surface area contributed by atoms with Crippen LogP contribution in [0.2, 0.25) is 0 Å². The zero-order valence-electron chi connectivity index (χ0n) is 24.0. The molecule has 218 valence electrons. The number of nitrogens with one attached hydrogen (secondary N) is 1. The van der Waals surface area contributed by atoms with Gasteiger partial charge in [0.05, 0.1) is 6.01 Å². The molecular weight excluding hydrogens is 626 g/mol. The van der Waals surface area contributed by atoms with Gasteiger partial charge >= 0.3 is 17.1 Å². The number of hydrogen-bond acceptors (Lipinski definition) is 2. The predicted molar refractivity (Wildman–Crippen MR) is 189 cm³/mol. The zero-order chi connectivity index (χ0) is 28.5. The molecule has 0 aliphatic carbocycles. The largest absolute Gasteiger partial charge is 2.00 e. The summed E-state index contributed by atoms with van der Waals surface area (Å²) in [5, 5.41) is 14.7. The molecule has 0 aliphatic heterocycles. The van der Waals surface area contributed by atoms with Crippen LogP contribution in [0.5, 0.6) is 0 Å². The van der Waals surface area contributed by atoms with Gasteiger partial charge in [0.25, 0.3) is 0 Å². The number of hydrogen-bond donors (Lipinski definition) is 1. The van der Waals surface area contributed by atoms with Gasteiger partial charge in [0.15, 0.2) is 0 Å². The third kappa shape index (κ3) is 11.0. The number of rotatable bonds is 7. The van der Waals surface area contributed by atoms with E-state index in [2.05, 4.69) is 175 Å². The number of nitrogens with zero attached hydrogens (tertiary/aromatic N) is 1. The maximum absolute atomic E-state index is 6.19. The Labute approximate surface area is 275 Å². The maximum Gasteiger partial charge on any atom is 2.00 e. The van der Waals surface area contributed by atoms with E-state index in [0.29, 0.717) is 6.54 Å². The molecule has 0 saturated carbocycles. The molecule has 6 aromatic carbocycles. The predicted octanol–water partition coefficient (Wildman–Crippen LogP) is 7.51. The van der Waals surface area contributed by atoms with Gasteiger partial charge < -0.3 is 0 Å². The van der Waals surface area contributed by atoms with Gasteiger partial charge in [-0.25, -0.2) is 34.7 Å². The van der Waals surface area contributed by atoms with E-state index in [-0.39, 0.29) is 29.5 Å². The summed E-state index contributed by atoms with van der Waals surface area (Å²) in [6.45, 7) is 2.53. The third-order valence-electron chi connectivity index (χ3n) is 6.10. The molecule has 0 bridgehead atoms. The molecule has 0 saturated heterocycles. The number of halogens is 1. The molecule has 0 radical (unpaired) electrons. The molecule has 0 atom stereocenters. The second-order valence-electron chi connectivity index (χ2n) is 8.89. The monoisotopic (exact) mass is 660 g/mol. The van der Waals surface area contributed by atoms with Crippen molar-refractivity contribution in [3.63, 3.8) is 0 Å². The van der Waals surface area contributed by atoms with Crippen LogP contribution >= 0.6 is 28.3 Å². The molecule has 6 aromatic rings. The second-order valence-corrected chi connectivity index (χ2v) is 13.3. The quantitative estimate of drug-likeness (QED) is 0.0797. The van der Waals surface area contributed by atoms with Crippen LogP contribution in [0.3, 0.4) is 0 Å². The first-order chi connectivity index (χ1) is 20.3. The Balaban J connectivity index is 0.000000250. The maximum atomic E-state index is 6.19. The summed E-state index contributed by atoms with van der Waals surface area (Å²) in [5.74, 6) is 0. The first kappa shape index (κ1) is 35.8. The third-order valence-corrected chi connectivity index (χ3v) is 11.0. The average molecular weight is 661 g/mol. The van der Waals surface area contributed by atoms with E-state index < -0.39 is 15.8 Å². The van der Waals surface area contributed by atoms with Crippen LogP contribution in [0, 0.1) is 5.41 Å².